The molecule has 2 rings (SSSR count). The van der Waals surface area contributed by atoms with Crippen LogP contribution in [0, 0.1) is 13.8 Å². The third-order valence-electron chi connectivity index (χ3n) is 3.90. The predicted molar refractivity (Wildman–Crippen MR) is 97.0 cm³/mol. The summed E-state index contributed by atoms with van der Waals surface area (Å²) in [5.41, 5.74) is 3.58. The molecule has 0 atom stereocenters. The van der Waals surface area contributed by atoms with E-state index in [0.717, 1.165) is 22.4 Å². The molecule has 0 heterocycles. The van der Waals surface area contributed by atoms with Crippen molar-refractivity contribution >= 4 is 17.6 Å². The normalized spacial score (nSPS) is 10.6. The van der Waals surface area contributed by atoms with Gasteiger partial charge in [-0.2, -0.15) is 0 Å². The quantitative estimate of drug-likeness (QED) is 0.808. The first-order chi connectivity index (χ1) is 11.8. The van der Waals surface area contributed by atoms with E-state index in [1.54, 1.807) is 13.0 Å². The summed E-state index contributed by atoms with van der Waals surface area (Å²) in [7, 11) is 0. The lowest BCUT2D eigenvalue weighted by Crippen LogP contribution is -2.22. The molecule has 0 aliphatic rings. The predicted octanol–water partition coefficient (Wildman–Crippen LogP) is 3.93. The molecule has 0 unspecified atom stereocenters. The summed E-state index contributed by atoms with van der Waals surface area (Å²) in [6, 6.07) is 10.5. The first-order valence-corrected chi connectivity index (χ1v) is 8.15. The number of carbonyl (C=O) groups excluding carboxylic acids is 2. The van der Waals surface area contributed by atoms with Gasteiger partial charge in [0, 0.05) is 5.69 Å². The average Bonchev–Trinajstić information content (AvgIpc) is 2.54. The van der Waals surface area contributed by atoms with E-state index >= 15 is 0 Å². The van der Waals surface area contributed by atoms with Crippen molar-refractivity contribution in [2.75, 3.05) is 11.9 Å². The number of anilines is 1. The minimum atomic E-state index is -0.735. The highest BCUT2D eigenvalue weighted by molar-refractivity contribution is 5.97. The number of hydrogen-bond donors (Lipinski definition) is 2. The highest BCUT2D eigenvalue weighted by Crippen LogP contribution is 2.27. The Morgan fingerprint density at radius 1 is 1.16 bits per heavy atom. The van der Waals surface area contributed by atoms with Gasteiger partial charge in [-0.1, -0.05) is 38.1 Å². The van der Waals surface area contributed by atoms with Crippen molar-refractivity contribution in [3.63, 3.8) is 0 Å². The molecule has 0 aromatic heterocycles. The van der Waals surface area contributed by atoms with Gasteiger partial charge in [0.05, 0.1) is 0 Å². The summed E-state index contributed by atoms with van der Waals surface area (Å²) in [5, 5.41) is 12.6. The molecule has 25 heavy (non-hydrogen) atoms. The van der Waals surface area contributed by atoms with Crippen LogP contribution in [0.3, 0.4) is 0 Å². The van der Waals surface area contributed by atoms with Crippen LogP contribution in [-0.4, -0.2) is 23.6 Å². The van der Waals surface area contributed by atoms with Crippen LogP contribution >= 0.6 is 0 Å². The number of para-hydroxylation sites is 1. The van der Waals surface area contributed by atoms with Gasteiger partial charge in [0.2, 0.25) is 0 Å². The van der Waals surface area contributed by atoms with Crippen molar-refractivity contribution in [3.05, 3.63) is 58.7 Å². The molecule has 0 aliphatic heterocycles. The van der Waals surface area contributed by atoms with Gasteiger partial charge in [0.1, 0.15) is 11.3 Å². The topological polar surface area (TPSA) is 75.6 Å². The maximum Gasteiger partial charge on any atom is 0.342 e. The molecule has 0 saturated carbocycles. The Morgan fingerprint density at radius 2 is 1.88 bits per heavy atom. The number of esters is 1. The zero-order valence-corrected chi connectivity index (χ0v) is 14.9. The van der Waals surface area contributed by atoms with Crippen LogP contribution in [0.2, 0.25) is 0 Å². The Labute approximate surface area is 147 Å². The standard InChI is InChI=1S/C20H23NO4/c1-12(2)15-7-5-6-14(4)19(15)21-18(23)11-25-20(24)16-9-8-13(3)10-17(16)22/h5-10,12,22H,11H2,1-4H3,(H,21,23). The van der Waals surface area contributed by atoms with Crippen LogP contribution in [0.15, 0.2) is 36.4 Å². The molecular formula is C20H23NO4. The first kappa shape index (κ1) is 18.5. The van der Waals surface area contributed by atoms with E-state index < -0.39 is 18.5 Å². The summed E-state index contributed by atoms with van der Waals surface area (Å²) in [4.78, 5) is 24.2. The SMILES string of the molecule is Cc1ccc(C(=O)OCC(=O)Nc2c(C)cccc2C(C)C)c(O)c1. The number of rotatable bonds is 5. The number of ether oxygens (including phenoxy) is 1. The smallest absolute Gasteiger partial charge is 0.342 e. The zero-order chi connectivity index (χ0) is 18.6. The maximum atomic E-state index is 12.2. The molecule has 0 fully saturated rings. The second-order valence-electron chi connectivity index (χ2n) is 6.34. The van der Waals surface area contributed by atoms with Gasteiger partial charge in [-0.3, -0.25) is 4.79 Å². The molecule has 132 valence electrons. The molecule has 0 spiro atoms. The van der Waals surface area contributed by atoms with E-state index in [1.807, 2.05) is 39.0 Å². The number of phenolic OH excluding ortho intramolecular Hbond substituents is 1. The number of aryl methyl sites for hydroxylation is 2. The summed E-state index contributed by atoms with van der Waals surface area (Å²) >= 11 is 0. The van der Waals surface area contributed by atoms with Crippen LogP contribution in [0.5, 0.6) is 5.75 Å². The van der Waals surface area contributed by atoms with Crippen molar-refractivity contribution in [2.24, 2.45) is 0 Å². The van der Waals surface area contributed by atoms with E-state index in [4.69, 9.17) is 4.74 Å². The first-order valence-electron chi connectivity index (χ1n) is 8.15. The lowest BCUT2D eigenvalue weighted by Gasteiger charge is -2.16. The third kappa shape index (κ3) is 4.59. The van der Waals surface area contributed by atoms with Crippen LogP contribution in [0.1, 0.15) is 46.8 Å². The molecule has 2 aromatic rings. The number of amides is 1. The minimum absolute atomic E-state index is 0.0390. The van der Waals surface area contributed by atoms with Crippen LogP contribution < -0.4 is 5.32 Å². The lowest BCUT2D eigenvalue weighted by atomic mass is 9.98. The number of carbonyl (C=O) groups is 2. The molecule has 2 N–H and O–H groups in total. The Balaban J connectivity index is 2.03. The van der Waals surface area contributed by atoms with Crippen molar-refractivity contribution in [1.29, 1.82) is 0 Å². The fraction of sp³-hybridized carbons (Fsp3) is 0.300. The van der Waals surface area contributed by atoms with Crippen molar-refractivity contribution in [1.82, 2.24) is 0 Å². The zero-order valence-electron chi connectivity index (χ0n) is 14.9. The van der Waals surface area contributed by atoms with Crippen LogP contribution in [0.25, 0.3) is 0 Å². The summed E-state index contributed by atoms with van der Waals surface area (Å²) < 4.78 is 5.01. The van der Waals surface area contributed by atoms with E-state index in [2.05, 4.69) is 5.32 Å². The van der Waals surface area contributed by atoms with Crippen molar-refractivity contribution in [3.8, 4) is 5.75 Å². The van der Waals surface area contributed by atoms with Gasteiger partial charge < -0.3 is 15.2 Å². The fourth-order valence-corrected chi connectivity index (χ4v) is 2.54. The highest BCUT2D eigenvalue weighted by atomic mass is 16.5. The second kappa shape index (κ2) is 7.83. The van der Waals surface area contributed by atoms with E-state index in [1.165, 1.54) is 12.1 Å². The van der Waals surface area contributed by atoms with Gasteiger partial charge in [-0.05, 0) is 48.6 Å². The molecule has 0 saturated heterocycles. The van der Waals surface area contributed by atoms with Gasteiger partial charge in [0.25, 0.3) is 5.91 Å². The van der Waals surface area contributed by atoms with Gasteiger partial charge in [-0.15, -0.1) is 0 Å². The average molecular weight is 341 g/mol. The van der Waals surface area contributed by atoms with Crippen LogP contribution in [0.4, 0.5) is 5.69 Å². The monoisotopic (exact) mass is 341 g/mol. The van der Waals surface area contributed by atoms with Crippen molar-refractivity contribution < 1.29 is 19.4 Å². The second-order valence-corrected chi connectivity index (χ2v) is 6.34. The molecular weight excluding hydrogens is 318 g/mol. The van der Waals surface area contributed by atoms with Gasteiger partial charge >= 0.3 is 5.97 Å². The van der Waals surface area contributed by atoms with E-state index in [9.17, 15) is 14.7 Å². The van der Waals surface area contributed by atoms with E-state index in [0.29, 0.717) is 0 Å². The lowest BCUT2D eigenvalue weighted by molar-refractivity contribution is -0.119. The Kier molecular flexibility index (Phi) is 5.80. The van der Waals surface area contributed by atoms with E-state index in [-0.39, 0.29) is 17.2 Å². The van der Waals surface area contributed by atoms with Crippen molar-refractivity contribution in [2.45, 2.75) is 33.6 Å². The number of benzene rings is 2. The molecule has 0 radical (unpaired) electrons. The molecule has 0 aliphatic carbocycles. The van der Waals surface area contributed by atoms with Gasteiger partial charge in [-0.25, -0.2) is 4.79 Å². The van der Waals surface area contributed by atoms with Gasteiger partial charge in [0.15, 0.2) is 6.61 Å². The maximum absolute atomic E-state index is 12.2. The molecule has 1 amide bonds. The Morgan fingerprint density at radius 3 is 2.52 bits per heavy atom. The summed E-state index contributed by atoms with van der Waals surface area (Å²) in [6.45, 7) is 7.39. The molecule has 2 aromatic carbocycles. The highest BCUT2D eigenvalue weighted by Gasteiger charge is 2.16. The number of hydrogen-bond acceptors (Lipinski definition) is 4. The summed E-state index contributed by atoms with van der Waals surface area (Å²) in [5.74, 6) is -1.06. The number of nitrogens with one attached hydrogen (secondary N) is 1. The van der Waals surface area contributed by atoms with Crippen LogP contribution in [-0.2, 0) is 9.53 Å². The molecule has 5 nitrogen and oxygen atoms in total. The minimum Gasteiger partial charge on any atom is -0.507 e. The Hall–Kier alpha value is -2.82. The summed E-state index contributed by atoms with van der Waals surface area (Å²) in [6.07, 6.45) is 0. The largest absolute Gasteiger partial charge is 0.507 e. The molecule has 5 heteroatoms. The fourth-order valence-electron chi connectivity index (χ4n) is 2.54. The molecule has 0 bridgehead atoms. The number of phenols is 1. The Bertz CT molecular complexity index is 796. The number of aromatic hydroxyl groups is 1. The third-order valence-corrected chi connectivity index (χ3v) is 3.90.